The molecule has 2 unspecified atom stereocenters. The number of carbonyl (C=O) groups is 1. The zero-order chi connectivity index (χ0) is 20.9. The lowest BCUT2D eigenvalue weighted by atomic mass is 9.92. The van der Waals surface area contributed by atoms with Crippen LogP contribution < -0.4 is 15.0 Å². The predicted molar refractivity (Wildman–Crippen MR) is 118 cm³/mol. The number of methoxy groups -OCH3 is 1. The third-order valence-corrected chi connectivity index (χ3v) is 6.16. The Hall–Kier alpha value is -2.57. The average molecular weight is 410 g/mol. The highest BCUT2D eigenvalue weighted by Gasteiger charge is 2.34. The molecule has 4 rings (SSSR count). The molecule has 2 atom stereocenters. The summed E-state index contributed by atoms with van der Waals surface area (Å²) in [6, 6.07) is 16.9. The van der Waals surface area contributed by atoms with Crippen molar-refractivity contribution in [2.45, 2.75) is 25.5 Å². The van der Waals surface area contributed by atoms with Crippen LogP contribution in [0.5, 0.6) is 5.75 Å². The molecule has 1 N–H and O–H groups in total. The topological polar surface area (TPSA) is 54.0 Å². The van der Waals surface area contributed by atoms with Gasteiger partial charge in [0, 0.05) is 45.3 Å². The molecule has 1 fully saturated rings. The van der Waals surface area contributed by atoms with Crippen LogP contribution >= 0.6 is 0 Å². The molecule has 0 aliphatic carbocycles. The second kappa shape index (κ2) is 9.49. The number of piperazine rings is 1. The van der Waals surface area contributed by atoms with Crippen molar-refractivity contribution < 1.29 is 14.3 Å². The van der Waals surface area contributed by atoms with E-state index in [1.165, 1.54) is 16.8 Å². The minimum absolute atomic E-state index is 0.000892. The van der Waals surface area contributed by atoms with Crippen LogP contribution in [0, 0.1) is 0 Å². The average Bonchev–Trinajstić information content (AvgIpc) is 2.79. The summed E-state index contributed by atoms with van der Waals surface area (Å²) in [7, 11) is 1.69. The van der Waals surface area contributed by atoms with Crippen molar-refractivity contribution in [3.05, 3.63) is 59.7 Å². The minimum Gasteiger partial charge on any atom is -0.497 e. The van der Waals surface area contributed by atoms with E-state index in [1.807, 2.05) is 12.1 Å². The van der Waals surface area contributed by atoms with Gasteiger partial charge in [-0.25, -0.2) is 0 Å². The molecule has 1 amide bonds. The van der Waals surface area contributed by atoms with Gasteiger partial charge >= 0.3 is 0 Å². The summed E-state index contributed by atoms with van der Waals surface area (Å²) in [6.07, 6.45) is 0.930. The fourth-order valence-corrected chi connectivity index (χ4v) is 4.52. The quantitative estimate of drug-likeness (QED) is 0.795. The number of hydrogen-bond donors (Lipinski definition) is 1. The molecular formula is C24H31N3O3. The molecular weight excluding hydrogens is 378 g/mol. The zero-order valence-electron chi connectivity index (χ0n) is 17.8. The lowest BCUT2D eigenvalue weighted by molar-refractivity contribution is -0.119. The summed E-state index contributed by atoms with van der Waals surface area (Å²) in [5, 5.41) is 3.04. The van der Waals surface area contributed by atoms with Gasteiger partial charge in [0.1, 0.15) is 5.75 Å². The van der Waals surface area contributed by atoms with Crippen molar-refractivity contribution in [2.24, 2.45) is 0 Å². The van der Waals surface area contributed by atoms with Crippen LogP contribution in [-0.4, -0.2) is 63.3 Å². The van der Waals surface area contributed by atoms with Crippen molar-refractivity contribution in [2.75, 3.05) is 51.3 Å². The van der Waals surface area contributed by atoms with Gasteiger partial charge in [-0.05, 0) is 41.8 Å². The lowest BCUT2D eigenvalue weighted by Gasteiger charge is -2.44. The maximum absolute atomic E-state index is 11.7. The monoisotopic (exact) mass is 409 g/mol. The SMILES string of the molecule is COc1ccc(N2CCN(C(CNC(C)=O)C3OCCc4ccccc43)CC2)cc1. The number of benzene rings is 2. The van der Waals surface area contributed by atoms with Crippen molar-refractivity contribution in [3.63, 3.8) is 0 Å². The van der Waals surface area contributed by atoms with Crippen molar-refractivity contribution in [1.29, 1.82) is 0 Å². The Morgan fingerprint density at radius 2 is 1.87 bits per heavy atom. The Morgan fingerprint density at radius 3 is 2.57 bits per heavy atom. The van der Waals surface area contributed by atoms with Crippen LogP contribution in [0.3, 0.4) is 0 Å². The van der Waals surface area contributed by atoms with Gasteiger partial charge in [-0.1, -0.05) is 24.3 Å². The highest BCUT2D eigenvalue weighted by Crippen LogP contribution is 2.32. The van der Waals surface area contributed by atoms with Gasteiger partial charge in [0.15, 0.2) is 0 Å². The van der Waals surface area contributed by atoms with Crippen LogP contribution in [0.1, 0.15) is 24.2 Å². The predicted octanol–water partition coefficient (Wildman–Crippen LogP) is 2.64. The molecule has 160 valence electrons. The second-order valence-corrected chi connectivity index (χ2v) is 7.97. The van der Waals surface area contributed by atoms with E-state index in [2.05, 4.69) is 51.5 Å². The molecule has 0 spiro atoms. The Bertz CT molecular complexity index is 847. The van der Waals surface area contributed by atoms with Gasteiger partial charge in [0.25, 0.3) is 0 Å². The Balaban J connectivity index is 1.48. The van der Waals surface area contributed by atoms with E-state index in [0.29, 0.717) is 6.54 Å². The smallest absolute Gasteiger partial charge is 0.216 e. The zero-order valence-corrected chi connectivity index (χ0v) is 17.8. The molecule has 1 saturated heterocycles. The molecule has 2 aromatic carbocycles. The number of rotatable bonds is 6. The van der Waals surface area contributed by atoms with Gasteiger partial charge in [-0.2, -0.15) is 0 Å². The molecule has 2 aliphatic heterocycles. The molecule has 6 heteroatoms. The summed E-state index contributed by atoms with van der Waals surface area (Å²) in [6.45, 7) is 6.64. The van der Waals surface area contributed by atoms with Crippen LogP contribution in [0.15, 0.2) is 48.5 Å². The fraction of sp³-hybridized carbons (Fsp3) is 0.458. The molecule has 0 bridgehead atoms. The van der Waals surface area contributed by atoms with Crippen molar-refractivity contribution >= 4 is 11.6 Å². The molecule has 0 radical (unpaired) electrons. The molecule has 30 heavy (non-hydrogen) atoms. The van der Waals surface area contributed by atoms with Crippen LogP contribution in [0.2, 0.25) is 0 Å². The van der Waals surface area contributed by atoms with Gasteiger partial charge in [-0.3, -0.25) is 9.69 Å². The van der Waals surface area contributed by atoms with Gasteiger partial charge in [0.05, 0.1) is 25.9 Å². The number of hydrogen-bond acceptors (Lipinski definition) is 5. The number of ether oxygens (including phenoxy) is 2. The van der Waals surface area contributed by atoms with E-state index in [-0.39, 0.29) is 18.1 Å². The van der Waals surface area contributed by atoms with E-state index in [9.17, 15) is 4.79 Å². The number of amides is 1. The van der Waals surface area contributed by atoms with E-state index in [4.69, 9.17) is 9.47 Å². The van der Waals surface area contributed by atoms with Crippen molar-refractivity contribution in [1.82, 2.24) is 10.2 Å². The third kappa shape index (κ3) is 4.60. The van der Waals surface area contributed by atoms with Crippen LogP contribution in [0.4, 0.5) is 5.69 Å². The van der Waals surface area contributed by atoms with Gasteiger partial charge in [0.2, 0.25) is 5.91 Å². The van der Waals surface area contributed by atoms with Gasteiger partial charge in [-0.15, -0.1) is 0 Å². The number of anilines is 1. The molecule has 0 aromatic heterocycles. The Labute approximate surface area is 178 Å². The molecule has 0 saturated carbocycles. The maximum Gasteiger partial charge on any atom is 0.216 e. The summed E-state index contributed by atoms with van der Waals surface area (Å²) in [4.78, 5) is 16.5. The minimum atomic E-state index is -0.0191. The standard InChI is InChI=1S/C24H31N3O3/c1-18(28)25-17-23(24-22-6-4-3-5-19(22)11-16-30-24)27-14-12-26(13-15-27)20-7-9-21(29-2)10-8-20/h3-10,23-24H,11-17H2,1-2H3,(H,25,28). The Kier molecular flexibility index (Phi) is 6.55. The number of carbonyl (C=O) groups excluding carboxylic acids is 1. The largest absolute Gasteiger partial charge is 0.497 e. The summed E-state index contributed by atoms with van der Waals surface area (Å²) in [5.41, 5.74) is 3.84. The maximum atomic E-state index is 11.7. The normalized spacial score (nSPS) is 20.3. The lowest BCUT2D eigenvalue weighted by Crippen LogP contribution is -2.56. The first-order valence-corrected chi connectivity index (χ1v) is 10.7. The first-order valence-electron chi connectivity index (χ1n) is 10.7. The van der Waals surface area contributed by atoms with E-state index >= 15 is 0 Å². The van der Waals surface area contributed by atoms with Crippen LogP contribution in [-0.2, 0) is 16.0 Å². The molecule has 6 nitrogen and oxygen atoms in total. The van der Waals surface area contributed by atoms with E-state index in [1.54, 1.807) is 14.0 Å². The summed E-state index contributed by atoms with van der Waals surface area (Å²) >= 11 is 0. The fourth-order valence-electron chi connectivity index (χ4n) is 4.52. The summed E-state index contributed by atoms with van der Waals surface area (Å²) < 4.78 is 11.5. The van der Waals surface area contributed by atoms with Crippen LogP contribution in [0.25, 0.3) is 0 Å². The molecule has 2 aliphatic rings. The van der Waals surface area contributed by atoms with E-state index in [0.717, 1.165) is 45.0 Å². The van der Waals surface area contributed by atoms with E-state index < -0.39 is 0 Å². The first kappa shape index (κ1) is 20.7. The molecule has 2 heterocycles. The number of nitrogens with zero attached hydrogens (tertiary/aromatic N) is 2. The van der Waals surface area contributed by atoms with Gasteiger partial charge < -0.3 is 19.7 Å². The number of fused-ring (bicyclic) bond motifs is 1. The highest BCUT2D eigenvalue weighted by atomic mass is 16.5. The molecule has 2 aromatic rings. The van der Waals surface area contributed by atoms with Crippen molar-refractivity contribution in [3.8, 4) is 5.75 Å². The highest BCUT2D eigenvalue weighted by molar-refractivity contribution is 5.72. The first-order chi connectivity index (χ1) is 14.7. The Morgan fingerprint density at radius 1 is 1.13 bits per heavy atom. The number of nitrogens with one attached hydrogen (secondary N) is 1. The second-order valence-electron chi connectivity index (χ2n) is 7.97. The summed E-state index contributed by atoms with van der Waals surface area (Å²) in [5.74, 6) is 0.877. The third-order valence-electron chi connectivity index (χ3n) is 6.16.